The molecule has 3 aromatic heterocycles. The average Bonchev–Trinajstić information content (AvgIpc) is 1.55. The first-order valence-electron chi connectivity index (χ1n) is 43.4. The van der Waals surface area contributed by atoms with Crippen LogP contribution < -0.4 is 0 Å². The van der Waals surface area contributed by atoms with E-state index in [1.165, 1.54) is 152 Å². The molecule has 0 amide bonds. The summed E-state index contributed by atoms with van der Waals surface area (Å²) in [5, 5.41) is 23.8. The lowest BCUT2D eigenvalue weighted by atomic mass is 9.67. The van der Waals surface area contributed by atoms with E-state index in [0.29, 0.717) is 5.56 Å². The second-order valence-corrected chi connectivity index (χ2v) is 36.0. The normalized spacial score (nSPS) is 13.3. The SMILES string of the molecule is N#Cc1ccc2c(c1)c1ccccc1n2-c1ccc(-c2ccc3c(c2)nc(-c2ccccc2)c2cc4c(cc23)C2(c3ccccc3S4)c3ccccc3-c3ccccc32)cc1.c1ccc(-c2ccc(-c3c4ccccc4c(-c4ccc5c(c4)nc(-c4ccccc4)c4cc6c(cc45)C4(c5ccccc5S6)c5ccccc5-c5ccccc54)c4ccccc34)cc2)cc1. The van der Waals surface area contributed by atoms with E-state index in [9.17, 15) is 5.26 Å². The zero-order chi connectivity index (χ0) is 83.6. The molecule has 2 aliphatic heterocycles. The van der Waals surface area contributed by atoms with Crippen molar-refractivity contribution in [3.63, 3.8) is 0 Å². The lowest BCUT2D eigenvalue weighted by Crippen LogP contribution is -2.32. The number of nitriles is 1. The van der Waals surface area contributed by atoms with Gasteiger partial charge in [0.2, 0.25) is 0 Å². The maximum absolute atomic E-state index is 9.65. The molecule has 0 saturated heterocycles. The van der Waals surface area contributed by atoms with Crippen LogP contribution in [0.15, 0.2) is 456 Å². The van der Waals surface area contributed by atoms with Gasteiger partial charge < -0.3 is 4.57 Å². The molecule has 23 aromatic rings. The van der Waals surface area contributed by atoms with E-state index in [2.05, 4.69) is 435 Å². The fourth-order valence-electron chi connectivity index (χ4n) is 22.0. The van der Waals surface area contributed by atoms with Gasteiger partial charge in [-0.05, 0) is 229 Å². The van der Waals surface area contributed by atoms with Gasteiger partial charge in [-0.1, -0.05) is 375 Å². The summed E-state index contributed by atoms with van der Waals surface area (Å²) in [6, 6.07) is 163. The first kappa shape index (κ1) is 72.8. The maximum Gasteiger partial charge on any atom is 0.0991 e. The monoisotopic (exact) mass is 1640 g/mol. The second kappa shape index (κ2) is 28.7. The molecule has 0 atom stereocenters. The van der Waals surface area contributed by atoms with Crippen molar-refractivity contribution in [2.45, 2.75) is 30.4 Å². The Balaban J connectivity index is 0.000000135. The summed E-state index contributed by atoms with van der Waals surface area (Å²) in [7, 11) is 0. The molecule has 6 heteroatoms. The highest BCUT2D eigenvalue weighted by Crippen LogP contribution is 2.65. The molecule has 0 N–H and O–H groups in total. The van der Waals surface area contributed by atoms with Crippen molar-refractivity contribution in [3.05, 3.63) is 487 Å². The summed E-state index contributed by atoms with van der Waals surface area (Å²) in [5.74, 6) is 0. The van der Waals surface area contributed by atoms with Gasteiger partial charge in [-0.15, -0.1) is 0 Å². The van der Waals surface area contributed by atoms with E-state index in [4.69, 9.17) is 9.97 Å². The lowest BCUT2D eigenvalue weighted by molar-refractivity contribution is 0.724. The predicted molar refractivity (Wildman–Crippen MR) is 528 cm³/mol. The molecule has 2 spiro atoms. The molecule has 20 aromatic carbocycles. The molecular formula is C121H72N4S2. The first-order chi connectivity index (χ1) is 62.9. The zero-order valence-electron chi connectivity index (χ0n) is 68.7. The lowest BCUT2D eigenvalue weighted by Gasteiger charge is -2.40. The van der Waals surface area contributed by atoms with Gasteiger partial charge in [-0.2, -0.15) is 5.26 Å². The third-order valence-corrected chi connectivity index (χ3v) is 29.6. The fourth-order valence-corrected chi connectivity index (χ4v) is 24.4. The molecule has 0 bridgehead atoms. The van der Waals surface area contributed by atoms with E-state index < -0.39 is 10.8 Å². The van der Waals surface area contributed by atoms with Crippen molar-refractivity contribution < 1.29 is 0 Å². The van der Waals surface area contributed by atoms with Crippen LogP contribution in [0.5, 0.6) is 0 Å². The van der Waals surface area contributed by atoms with Gasteiger partial charge in [0.15, 0.2) is 0 Å². The molecule has 588 valence electrons. The van der Waals surface area contributed by atoms with Crippen LogP contribution in [0, 0.1) is 11.3 Å². The zero-order valence-corrected chi connectivity index (χ0v) is 70.3. The Hall–Kier alpha value is -15.8. The highest BCUT2D eigenvalue weighted by molar-refractivity contribution is 7.99. The van der Waals surface area contributed by atoms with Crippen molar-refractivity contribution in [2.75, 3.05) is 0 Å². The van der Waals surface area contributed by atoms with Crippen LogP contribution in [0.4, 0.5) is 0 Å². The number of benzene rings is 20. The summed E-state index contributed by atoms with van der Waals surface area (Å²) >= 11 is 3.77. The van der Waals surface area contributed by atoms with Gasteiger partial charge in [-0.25, -0.2) is 9.97 Å². The third kappa shape index (κ3) is 10.9. The first-order valence-corrected chi connectivity index (χ1v) is 45.1. The van der Waals surface area contributed by atoms with Gasteiger partial charge >= 0.3 is 0 Å². The Kier molecular flexibility index (Phi) is 16.4. The third-order valence-electron chi connectivity index (χ3n) is 27.4. The number of hydrogen-bond acceptors (Lipinski definition) is 5. The number of hydrogen-bond donors (Lipinski definition) is 0. The smallest absolute Gasteiger partial charge is 0.0991 e. The number of rotatable bonds is 7. The Morgan fingerprint density at radius 1 is 0.220 bits per heavy atom. The topological polar surface area (TPSA) is 54.5 Å². The summed E-state index contributed by atoms with van der Waals surface area (Å²) in [6.07, 6.45) is 0. The van der Waals surface area contributed by atoms with Gasteiger partial charge in [0.25, 0.3) is 0 Å². The summed E-state index contributed by atoms with van der Waals surface area (Å²) in [5.41, 5.74) is 34.6. The number of aromatic nitrogens is 3. The van der Waals surface area contributed by atoms with Crippen molar-refractivity contribution >= 4 is 110 Å². The number of nitrogens with zero attached hydrogens (tertiary/aromatic N) is 4. The van der Waals surface area contributed by atoms with Gasteiger partial charge in [0, 0.05) is 68.7 Å². The Bertz CT molecular complexity index is 8500. The predicted octanol–water partition coefficient (Wildman–Crippen LogP) is 31.7. The van der Waals surface area contributed by atoms with Crippen molar-refractivity contribution in [1.82, 2.24) is 14.5 Å². The Labute approximate surface area is 742 Å². The maximum atomic E-state index is 9.65. The summed E-state index contributed by atoms with van der Waals surface area (Å²) in [4.78, 5) is 16.3. The molecule has 0 saturated carbocycles. The Morgan fingerprint density at radius 2 is 0.575 bits per heavy atom. The standard InChI is InChI=1S/C64H39NS.C57H33N3S/c1-3-17-40(18-4-1)41-31-33-42(34-32-41)61-48-23-7-9-25-50(48)62(51-26-10-8-24-49(51)61)44-35-36-47-52-38-57-60(39-53(52)63(65-58(47)37-44)43-19-5-2-6-20-43)66-59-30-16-15-29-56(59)64(57)54-27-13-11-21-45(54)46-22-12-14-28-55(46)64;58-34-35-22-29-53-45(30-35)43-16-6-10-20-52(43)60(53)39-26-23-36(24-27-39)38-25-28-42-44-32-50-55(33-46(44)56(59-51(42)31-38)37-12-2-1-3-13-37)61-54-21-11-9-19-49(54)57(50)47-17-7-4-14-40(47)41-15-5-8-18-48(41)57/h1-39H;1-33H. The number of pyridine rings is 2. The van der Waals surface area contributed by atoms with Gasteiger partial charge in [0.1, 0.15) is 0 Å². The van der Waals surface area contributed by atoms with Crippen LogP contribution in [-0.4, -0.2) is 14.5 Å². The van der Waals surface area contributed by atoms with Crippen LogP contribution in [0.3, 0.4) is 0 Å². The highest BCUT2D eigenvalue weighted by Gasteiger charge is 2.52. The highest BCUT2D eigenvalue weighted by atomic mass is 32.2. The van der Waals surface area contributed by atoms with Crippen LogP contribution in [0.1, 0.15) is 50.1 Å². The fraction of sp³-hybridized carbons (Fsp3) is 0.0165. The van der Waals surface area contributed by atoms with E-state index in [1.54, 1.807) is 0 Å². The van der Waals surface area contributed by atoms with Crippen molar-refractivity contribution in [3.8, 4) is 101 Å². The molecule has 127 heavy (non-hydrogen) atoms. The van der Waals surface area contributed by atoms with Crippen LogP contribution >= 0.6 is 23.5 Å². The molecule has 27 rings (SSSR count). The molecule has 5 heterocycles. The molecule has 4 nitrogen and oxygen atoms in total. The van der Waals surface area contributed by atoms with E-state index in [0.717, 1.165) is 93.9 Å². The minimum atomic E-state index is -0.470. The number of fused-ring (bicyclic) bond motifs is 29. The van der Waals surface area contributed by atoms with E-state index in [-0.39, 0.29) is 0 Å². The number of para-hydroxylation sites is 1. The summed E-state index contributed by atoms with van der Waals surface area (Å²) in [6.45, 7) is 0. The molecule has 4 aliphatic rings. The second-order valence-electron chi connectivity index (χ2n) is 33.8. The van der Waals surface area contributed by atoms with Crippen LogP contribution in [0.25, 0.3) is 182 Å². The minimum Gasteiger partial charge on any atom is -0.309 e. The molecule has 0 fully saturated rings. The largest absolute Gasteiger partial charge is 0.309 e. The summed E-state index contributed by atoms with van der Waals surface area (Å²) < 4.78 is 2.29. The van der Waals surface area contributed by atoms with Gasteiger partial charge in [-0.3, -0.25) is 0 Å². The van der Waals surface area contributed by atoms with E-state index >= 15 is 0 Å². The molecular weight excluding hydrogens is 1570 g/mol. The minimum absolute atomic E-state index is 0.461. The average molecular weight is 1650 g/mol. The molecule has 0 unspecified atom stereocenters. The van der Waals surface area contributed by atoms with E-state index in [1.807, 2.05) is 35.7 Å². The molecule has 2 aliphatic carbocycles. The van der Waals surface area contributed by atoms with Crippen LogP contribution in [-0.2, 0) is 10.8 Å². The van der Waals surface area contributed by atoms with Crippen molar-refractivity contribution in [1.29, 1.82) is 5.26 Å². The molecule has 0 radical (unpaired) electrons. The van der Waals surface area contributed by atoms with Crippen molar-refractivity contribution in [2.24, 2.45) is 0 Å². The van der Waals surface area contributed by atoms with Gasteiger partial charge in [0.05, 0.1) is 55.9 Å². The quantitative estimate of drug-likeness (QED) is 0.118. The Morgan fingerprint density at radius 3 is 1.06 bits per heavy atom. The van der Waals surface area contributed by atoms with Crippen LogP contribution in [0.2, 0.25) is 0 Å².